The van der Waals surface area contributed by atoms with Crippen molar-refractivity contribution < 1.29 is 4.74 Å². The summed E-state index contributed by atoms with van der Waals surface area (Å²) in [6, 6.07) is 0.645. The molecule has 15 heavy (non-hydrogen) atoms. The van der Waals surface area contributed by atoms with Crippen LogP contribution in [0.15, 0.2) is 0 Å². The fraction of sp³-hybridized carbons (Fsp3) is 1.00. The molecule has 0 amide bonds. The van der Waals surface area contributed by atoms with Crippen molar-refractivity contribution in [3.8, 4) is 0 Å². The quantitative estimate of drug-likeness (QED) is 0.754. The molecule has 2 aliphatic rings. The largest absolute Gasteiger partial charge is 0.378 e. The molecule has 0 aromatic heterocycles. The highest BCUT2D eigenvalue weighted by atomic mass is 16.5. The van der Waals surface area contributed by atoms with Crippen molar-refractivity contribution in [2.75, 3.05) is 13.7 Å². The maximum absolute atomic E-state index is 5.99. The van der Waals surface area contributed by atoms with Gasteiger partial charge in [-0.15, -0.1) is 0 Å². The summed E-state index contributed by atoms with van der Waals surface area (Å²) in [7, 11) is 2.05. The first-order valence-electron chi connectivity index (χ1n) is 6.43. The number of hydrogen-bond acceptors (Lipinski definition) is 2. The summed E-state index contributed by atoms with van der Waals surface area (Å²) in [6.45, 7) is 5.60. The highest BCUT2D eigenvalue weighted by Gasteiger charge is 2.48. The lowest BCUT2D eigenvalue weighted by Gasteiger charge is -2.51. The van der Waals surface area contributed by atoms with Crippen LogP contribution in [0.4, 0.5) is 0 Å². The second-order valence-electron chi connectivity index (χ2n) is 5.84. The van der Waals surface area contributed by atoms with Crippen LogP contribution in [-0.4, -0.2) is 25.8 Å². The third-order valence-electron chi connectivity index (χ3n) is 4.60. The molecule has 88 valence electrons. The summed E-state index contributed by atoms with van der Waals surface area (Å²) in [6.07, 6.45) is 7.29. The van der Waals surface area contributed by atoms with Gasteiger partial charge < -0.3 is 10.1 Å². The molecule has 0 bridgehead atoms. The third kappa shape index (κ3) is 2.21. The van der Waals surface area contributed by atoms with Crippen molar-refractivity contribution in [2.45, 2.75) is 58.1 Å². The van der Waals surface area contributed by atoms with Crippen LogP contribution < -0.4 is 5.32 Å². The fourth-order valence-electron chi connectivity index (χ4n) is 2.82. The van der Waals surface area contributed by atoms with E-state index in [1.54, 1.807) is 0 Å². The van der Waals surface area contributed by atoms with Crippen LogP contribution in [0.1, 0.15) is 46.0 Å². The zero-order valence-electron chi connectivity index (χ0n) is 10.4. The molecular weight excluding hydrogens is 186 g/mol. The summed E-state index contributed by atoms with van der Waals surface area (Å²) in [5.74, 6) is 0.980. The molecule has 0 spiro atoms. The van der Waals surface area contributed by atoms with Gasteiger partial charge in [0, 0.05) is 18.1 Å². The van der Waals surface area contributed by atoms with Crippen molar-refractivity contribution in [1.29, 1.82) is 0 Å². The Morgan fingerprint density at radius 3 is 2.53 bits per heavy atom. The van der Waals surface area contributed by atoms with E-state index in [4.69, 9.17) is 4.74 Å². The highest BCUT2D eigenvalue weighted by Crippen LogP contribution is 2.42. The van der Waals surface area contributed by atoms with Gasteiger partial charge in [-0.25, -0.2) is 0 Å². The van der Waals surface area contributed by atoms with Crippen molar-refractivity contribution in [1.82, 2.24) is 5.32 Å². The highest BCUT2D eigenvalue weighted by molar-refractivity contribution is 5.02. The SMILES string of the molecule is CNC1CC(OCCC2CCC2)C1(C)C. The Morgan fingerprint density at radius 1 is 1.33 bits per heavy atom. The summed E-state index contributed by atoms with van der Waals surface area (Å²) in [4.78, 5) is 0. The van der Waals surface area contributed by atoms with Crippen molar-refractivity contribution in [3.63, 3.8) is 0 Å². The van der Waals surface area contributed by atoms with Gasteiger partial charge in [0.2, 0.25) is 0 Å². The normalized spacial score (nSPS) is 34.6. The van der Waals surface area contributed by atoms with Gasteiger partial charge >= 0.3 is 0 Å². The number of nitrogens with one attached hydrogen (secondary N) is 1. The van der Waals surface area contributed by atoms with Crippen LogP contribution in [0.25, 0.3) is 0 Å². The second-order valence-corrected chi connectivity index (χ2v) is 5.84. The van der Waals surface area contributed by atoms with Gasteiger partial charge in [-0.1, -0.05) is 33.1 Å². The van der Waals surface area contributed by atoms with Gasteiger partial charge in [0.25, 0.3) is 0 Å². The molecule has 0 aliphatic heterocycles. The minimum Gasteiger partial charge on any atom is -0.378 e. The minimum atomic E-state index is 0.328. The maximum atomic E-state index is 5.99. The molecule has 2 fully saturated rings. The van der Waals surface area contributed by atoms with Crippen LogP contribution in [0.3, 0.4) is 0 Å². The molecular formula is C13H25NO. The number of ether oxygens (including phenoxy) is 1. The average molecular weight is 211 g/mol. The van der Waals surface area contributed by atoms with Gasteiger partial charge in [-0.2, -0.15) is 0 Å². The Balaban J connectivity index is 1.63. The van der Waals surface area contributed by atoms with E-state index in [-0.39, 0.29) is 0 Å². The summed E-state index contributed by atoms with van der Waals surface area (Å²) in [5.41, 5.74) is 0.328. The van der Waals surface area contributed by atoms with Crippen LogP contribution in [0.2, 0.25) is 0 Å². The first-order valence-corrected chi connectivity index (χ1v) is 6.43. The van der Waals surface area contributed by atoms with E-state index in [1.165, 1.54) is 32.1 Å². The Kier molecular flexibility index (Phi) is 3.36. The van der Waals surface area contributed by atoms with Crippen LogP contribution >= 0.6 is 0 Å². The molecule has 2 unspecified atom stereocenters. The van der Waals surface area contributed by atoms with E-state index in [9.17, 15) is 0 Å². The summed E-state index contributed by atoms with van der Waals surface area (Å²) in [5, 5.41) is 3.36. The lowest BCUT2D eigenvalue weighted by Crippen LogP contribution is -2.60. The van der Waals surface area contributed by atoms with Gasteiger partial charge in [0.05, 0.1) is 6.10 Å². The van der Waals surface area contributed by atoms with Crippen LogP contribution in [-0.2, 0) is 4.74 Å². The average Bonchev–Trinajstić information content (AvgIpc) is 2.12. The maximum Gasteiger partial charge on any atom is 0.0655 e. The smallest absolute Gasteiger partial charge is 0.0655 e. The molecule has 2 atom stereocenters. The first-order chi connectivity index (χ1) is 7.14. The predicted molar refractivity (Wildman–Crippen MR) is 62.9 cm³/mol. The number of rotatable bonds is 5. The van der Waals surface area contributed by atoms with E-state index >= 15 is 0 Å². The molecule has 2 aliphatic carbocycles. The third-order valence-corrected chi connectivity index (χ3v) is 4.60. The van der Waals surface area contributed by atoms with E-state index in [1.807, 2.05) is 0 Å². The lowest BCUT2D eigenvalue weighted by atomic mass is 9.64. The van der Waals surface area contributed by atoms with E-state index < -0.39 is 0 Å². The second kappa shape index (κ2) is 4.42. The minimum absolute atomic E-state index is 0.328. The van der Waals surface area contributed by atoms with E-state index in [2.05, 4.69) is 26.2 Å². The first kappa shape index (κ1) is 11.4. The lowest BCUT2D eigenvalue weighted by molar-refractivity contribution is -0.119. The molecule has 2 rings (SSSR count). The topological polar surface area (TPSA) is 21.3 Å². The monoisotopic (exact) mass is 211 g/mol. The molecule has 0 aromatic rings. The fourth-order valence-corrected chi connectivity index (χ4v) is 2.82. The van der Waals surface area contributed by atoms with Gasteiger partial charge in [-0.3, -0.25) is 0 Å². The molecule has 0 heterocycles. The Morgan fingerprint density at radius 2 is 2.07 bits per heavy atom. The Bertz CT molecular complexity index is 211. The zero-order valence-corrected chi connectivity index (χ0v) is 10.4. The molecule has 1 N–H and O–H groups in total. The summed E-state index contributed by atoms with van der Waals surface area (Å²) >= 11 is 0. The van der Waals surface area contributed by atoms with E-state index in [0.29, 0.717) is 17.6 Å². The standard InChI is InChI=1S/C13H25NO/c1-13(2)11(14-3)9-12(13)15-8-7-10-5-4-6-10/h10-12,14H,4-9H2,1-3H3. The van der Waals surface area contributed by atoms with Gasteiger partial charge in [0.15, 0.2) is 0 Å². The van der Waals surface area contributed by atoms with Crippen LogP contribution in [0, 0.1) is 11.3 Å². The molecule has 2 saturated carbocycles. The Hall–Kier alpha value is -0.0800. The van der Waals surface area contributed by atoms with Crippen molar-refractivity contribution in [2.24, 2.45) is 11.3 Å². The predicted octanol–water partition coefficient (Wildman–Crippen LogP) is 2.58. The van der Waals surface area contributed by atoms with Crippen molar-refractivity contribution >= 4 is 0 Å². The molecule has 0 saturated heterocycles. The van der Waals surface area contributed by atoms with Crippen LogP contribution in [0.5, 0.6) is 0 Å². The van der Waals surface area contributed by atoms with Gasteiger partial charge in [-0.05, 0) is 25.8 Å². The van der Waals surface area contributed by atoms with Gasteiger partial charge in [0.1, 0.15) is 0 Å². The van der Waals surface area contributed by atoms with Crippen molar-refractivity contribution in [3.05, 3.63) is 0 Å². The molecule has 2 heteroatoms. The zero-order chi connectivity index (χ0) is 10.9. The number of hydrogen-bond donors (Lipinski definition) is 1. The summed E-state index contributed by atoms with van der Waals surface area (Å²) < 4.78 is 5.99. The molecule has 2 nitrogen and oxygen atoms in total. The Labute approximate surface area is 93.8 Å². The van der Waals surface area contributed by atoms with E-state index in [0.717, 1.165) is 12.5 Å². The molecule has 0 radical (unpaired) electrons. The molecule has 0 aromatic carbocycles.